The van der Waals surface area contributed by atoms with E-state index in [1.54, 1.807) is 6.20 Å². The molecule has 2 heterocycles. The average molecular weight is 247 g/mol. The van der Waals surface area contributed by atoms with Crippen molar-refractivity contribution in [2.24, 2.45) is 0 Å². The van der Waals surface area contributed by atoms with Crippen LogP contribution in [0.2, 0.25) is 0 Å². The number of hydrogen-bond donors (Lipinski definition) is 1. The molecule has 0 aliphatic carbocycles. The second-order valence-electron chi connectivity index (χ2n) is 4.73. The lowest BCUT2D eigenvalue weighted by atomic mass is 10.1. The van der Waals surface area contributed by atoms with E-state index in [9.17, 15) is 4.79 Å². The molecule has 0 spiro atoms. The Labute approximate surface area is 108 Å². The molecule has 0 aromatic carbocycles. The average Bonchev–Trinajstić information content (AvgIpc) is 2.90. The summed E-state index contributed by atoms with van der Waals surface area (Å²) in [7, 11) is 0. The lowest BCUT2D eigenvalue weighted by Gasteiger charge is -2.22. The third-order valence-corrected chi connectivity index (χ3v) is 3.40. The summed E-state index contributed by atoms with van der Waals surface area (Å²) in [6.45, 7) is 4.41. The molecule has 1 saturated heterocycles. The van der Waals surface area contributed by atoms with Gasteiger partial charge in [-0.1, -0.05) is 6.07 Å². The SMILES string of the molecule is CCN(Cc1ccccn1)C(=O)CC1CCCN1. The minimum Gasteiger partial charge on any atom is -0.337 e. The smallest absolute Gasteiger partial charge is 0.224 e. The van der Waals surface area contributed by atoms with Gasteiger partial charge in [-0.2, -0.15) is 0 Å². The van der Waals surface area contributed by atoms with E-state index in [0.717, 1.165) is 25.2 Å². The van der Waals surface area contributed by atoms with Gasteiger partial charge < -0.3 is 10.2 Å². The molecular formula is C14H21N3O. The fraction of sp³-hybridized carbons (Fsp3) is 0.571. The van der Waals surface area contributed by atoms with E-state index in [1.165, 1.54) is 6.42 Å². The first-order chi connectivity index (χ1) is 8.79. The number of amides is 1. The number of hydrogen-bond acceptors (Lipinski definition) is 3. The molecule has 2 rings (SSSR count). The Kier molecular flexibility index (Phi) is 4.70. The lowest BCUT2D eigenvalue weighted by molar-refractivity contribution is -0.132. The first kappa shape index (κ1) is 13.0. The van der Waals surface area contributed by atoms with Crippen LogP contribution in [0, 0.1) is 0 Å². The first-order valence-corrected chi connectivity index (χ1v) is 6.70. The monoisotopic (exact) mass is 247 g/mol. The number of carbonyl (C=O) groups excluding carboxylic acids is 1. The molecule has 0 radical (unpaired) electrons. The second kappa shape index (κ2) is 6.50. The summed E-state index contributed by atoms with van der Waals surface area (Å²) < 4.78 is 0. The number of aromatic nitrogens is 1. The zero-order chi connectivity index (χ0) is 12.8. The summed E-state index contributed by atoms with van der Waals surface area (Å²) in [5.74, 6) is 0.225. The maximum atomic E-state index is 12.2. The molecule has 1 atom stereocenters. The minimum atomic E-state index is 0.225. The van der Waals surface area contributed by atoms with Gasteiger partial charge >= 0.3 is 0 Å². The highest BCUT2D eigenvalue weighted by Gasteiger charge is 2.21. The predicted octanol–water partition coefficient (Wildman–Crippen LogP) is 1.57. The standard InChI is InChI=1S/C14H21N3O/c1-2-17(11-13-6-3-4-8-16-13)14(18)10-12-7-5-9-15-12/h3-4,6,8,12,15H,2,5,7,9-11H2,1H3. The van der Waals surface area contributed by atoms with Crippen molar-refractivity contribution in [3.8, 4) is 0 Å². The Hall–Kier alpha value is -1.42. The summed E-state index contributed by atoms with van der Waals surface area (Å²) in [5, 5.41) is 3.37. The van der Waals surface area contributed by atoms with Crippen molar-refractivity contribution < 1.29 is 4.79 Å². The Bertz CT molecular complexity index is 374. The van der Waals surface area contributed by atoms with Crippen LogP contribution in [0.25, 0.3) is 0 Å². The summed E-state index contributed by atoms with van der Waals surface area (Å²) >= 11 is 0. The van der Waals surface area contributed by atoms with Gasteiger partial charge in [0.25, 0.3) is 0 Å². The van der Waals surface area contributed by atoms with E-state index in [4.69, 9.17) is 0 Å². The molecule has 1 fully saturated rings. The Morgan fingerprint density at radius 1 is 1.56 bits per heavy atom. The van der Waals surface area contributed by atoms with Crippen molar-refractivity contribution in [3.63, 3.8) is 0 Å². The van der Waals surface area contributed by atoms with Crippen LogP contribution in [0.15, 0.2) is 24.4 Å². The third-order valence-electron chi connectivity index (χ3n) is 3.40. The number of carbonyl (C=O) groups is 1. The topological polar surface area (TPSA) is 45.2 Å². The minimum absolute atomic E-state index is 0.225. The van der Waals surface area contributed by atoms with Gasteiger partial charge in [0.1, 0.15) is 0 Å². The summed E-state index contributed by atoms with van der Waals surface area (Å²) in [6, 6.07) is 6.18. The number of nitrogens with one attached hydrogen (secondary N) is 1. The Balaban J connectivity index is 1.89. The molecule has 1 aromatic heterocycles. The van der Waals surface area contributed by atoms with Crippen LogP contribution in [0.3, 0.4) is 0 Å². The molecule has 4 heteroatoms. The molecule has 1 aliphatic rings. The molecule has 0 bridgehead atoms. The number of rotatable bonds is 5. The molecule has 1 N–H and O–H groups in total. The summed E-state index contributed by atoms with van der Waals surface area (Å²) in [5.41, 5.74) is 0.951. The fourth-order valence-corrected chi connectivity index (χ4v) is 2.33. The van der Waals surface area contributed by atoms with Crippen LogP contribution in [0.4, 0.5) is 0 Å². The van der Waals surface area contributed by atoms with Crippen LogP contribution < -0.4 is 5.32 Å². The maximum Gasteiger partial charge on any atom is 0.224 e. The molecule has 1 aromatic rings. The van der Waals surface area contributed by atoms with Crippen LogP contribution >= 0.6 is 0 Å². The summed E-state index contributed by atoms with van der Waals surface area (Å²) in [6.07, 6.45) is 4.68. The molecule has 98 valence electrons. The number of nitrogens with zero attached hydrogens (tertiary/aromatic N) is 2. The van der Waals surface area contributed by atoms with E-state index in [-0.39, 0.29) is 5.91 Å². The van der Waals surface area contributed by atoms with Crippen LogP contribution in [0.5, 0.6) is 0 Å². The van der Waals surface area contributed by atoms with E-state index in [2.05, 4.69) is 10.3 Å². The van der Waals surface area contributed by atoms with Gasteiger partial charge in [-0.25, -0.2) is 0 Å². The van der Waals surface area contributed by atoms with Crippen LogP contribution in [0.1, 0.15) is 31.9 Å². The van der Waals surface area contributed by atoms with Crippen molar-refractivity contribution in [1.29, 1.82) is 0 Å². The molecule has 1 aliphatic heterocycles. The van der Waals surface area contributed by atoms with E-state index in [0.29, 0.717) is 19.0 Å². The Morgan fingerprint density at radius 3 is 3.06 bits per heavy atom. The van der Waals surface area contributed by atoms with Gasteiger partial charge in [0.15, 0.2) is 0 Å². The van der Waals surface area contributed by atoms with Crippen molar-refractivity contribution in [3.05, 3.63) is 30.1 Å². The highest BCUT2D eigenvalue weighted by Crippen LogP contribution is 2.11. The van der Waals surface area contributed by atoms with Gasteiger partial charge in [-0.05, 0) is 38.4 Å². The van der Waals surface area contributed by atoms with Crippen LogP contribution in [-0.2, 0) is 11.3 Å². The molecule has 0 saturated carbocycles. The highest BCUT2D eigenvalue weighted by atomic mass is 16.2. The maximum absolute atomic E-state index is 12.2. The lowest BCUT2D eigenvalue weighted by Crippen LogP contribution is -2.35. The highest BCUT2D eigenvalue weighted by molar-refractivity contribution is 5.76. The fourth-order valence-electron chi connectivity index (χ4n) is 2.33. The first-order valence-electron chi connectivity index (χ1n) is 6.70. The molecule has 1 unspecified atom stereocenters. The van der Waals surface area contributed by atoms with Gasteiger partial charge in [0, 0.05) is 25.2 Å². The normalized spacial score (nSPS) is 18.8. The quantitative estimate of drug-likeness (QED) is 0.859. The largest absolute Gasteiger partial charge is 0.337 e. The van der Waals surface area contributed by atoms with Gasteiger partial charge in [-0.15, -0.1) is 0 Å². The third kappa shape index (κ3) is 3.53. The van der Waals surface area contributed by atoms with Crippen molar-refractivity contribution in [2.45, 2.75) is 38.8 Å². The van der Waals surface area contributed by atoms with E-state index >= 15 is 0 Å². The molecule has 1 amide bonds. The van der Waals surface area contributed by atoms with Gasteiger partial charge in [-0.3, -0.25) is 9.78 Å². The van der Waals surface area contributed by atoms with E-state index in [1.807, 2.05) is 30.0 Å². The predicted molar refractivity (Wildman–Crippen MR) is 71.0 cm³/mol. The van der Waals surface area contributed by atoms with Gasteiger partial charge in [0.05, 0.1) is 12.2 Å². The molecule has 4 nitrogen and oxygen atoms in total. The molecule has 18 heavy (non-hydrogen) atoms. The molecular weight excluding hydrogens is 226 g/mol. The summed E-state index contributed by atoms with van der Waals surface area (Å²) in [4.78, 5) is 18.3. The van der Waals surface area contributed by atoms with Gasteiger partial charge in [0.2, 0.25) is 5.91 Å². The van der Waals surface area contributed by atoms with Crippen molar-refractivity contribution in [1.82, 2.24) is 15.2 Å². The van der Waals surface area contributed by atoms with E-state index < -0.39 is 0 Å². The Morgan fingerprint density at radius 2 is 2.44 bits per heavy atom. The van der Waals surface area contributed by atoms with Crippen molar-refractivity contribution >= 4 is 5.91 Å². The van der Waals surface area contributed by atoms with Crippen molar-refractivity contribution in [2.75, 3.05) is 13.1 Å². The zero-order valence-corrected chi connectivity index (χ0v) is 10.9. The van der Waals surface area contributed by atoms with Crippen LogP contribution in [-0.4, -0.2) is 34.9 Å². The zero-order valence-electron chi connectivity index (χ0n) is 10.9. The second-order valence-corrected chi connectivity index (χ2v) is 4.73. The number of pyridine rings is 1.